The van der Waals surface area contributed by atoms with Crippen LogP contribution in [-0.2, 0) is 13.1 Å². The van der Waals surface area contributed by atoms with Gasteiger partial charge >= 0.3 is 0 Å². The number of anilines is 1. The summed E-state index contributed by atoms with van der Waals surface area (Å²) in [6.45, 7) is 0.827. The van der Waals surface area contributed by atoms with Gasteiger partial charge in [0.1, 0.15) is 5.56 Å². The fourth-order valence-corrected chi connectivity index (χ4v) is 3.13. The van der Waals surface area contributed by atoms with Gasteiger partial charge < -0.3 is 20.0 Å². The maximum atomic E-state index is 12.8. The van der Waals surface area contributed by atoms with E-state index in [-0.39, 0.29) is 22.1 Å². The summed E-state index contributed by atoms with van der Waals surface area (Å²) in [6, 6.07) is 8.24. The maximum Gasteiger partial charge on any atom is 0.259 e. The van der Waals surface area contributed by atoms with E-state index in [2.05, 4.69) is 15.1 Å². The molecule has 2 aromatic carbocycles. The van der Waals surface area contributed by atoms with E-state index in [4.69, 9.17) is 22.1 Å². The highest BCUT2D eigenvalue weighted by Gasteiger charge is 2.30. The second-order valence-corrected chi connectivity index (χ2v) is 5.72. The van der Waals surface area contributed by atoms with Crippen LogP contribution in [-0.4, -0.2) is 28.4 Å². The second kappa shape index (κ2) is 6.56. The molecule has 0 bridgehead atoms. The molecule has 1 heterocycles. The van der Waals surface area contributed by atoms with E-state index in [0.717, 1.165) is 16.8 Å². The van der Waals surface area contributed by atoms with Crippen molar-refractivity contribution in [3.63, 3.8) is 0 Å². The third kappa shape index (κ3) is 2.73. The topological polar surface area (TPSA) is 91.3 Å². The van der Waals surface area contributed by atoms with Crippen LogP contribution in [0.5, 0.6) is 11.5 Å². The molecule has 0 aliphatic carbocycles. The van der Waals surface area contributed by atoms with Crippen LogP contribution in [0, 0.1) is 0 Å². The molecule has 8 heteroatoms. The van der Waals surface area contributed by atoms with Crippen LogP contribution >= 0.6 is 11.6 Å². The summed E-state index contributed by atoms with van der Waals surface area (Å²) in [5, 5.41) is 20.8. The molecule has 126 valence electrons. The first-order valence-electron chi connectivity index (χ1n) is 7.13. The summed E-state index contributed by atoms with van der Waals surface area (Å²) < 4.78 is 0. The Morgan fingerprint density at radius 2 is 2.04 bits per heavy atom. The van der Waals surface area contributed by atoms with Crippen LogP contribution in [0.1, 0.15) is 21.5 Å². The van der Waals surface area contributed by atoms with Crippen molar-refractivity contribution in [1.82, 2.24) is 4.90 Å². The number of carbonyl (C=O) groups excluding carboxylic acids is 1. The van der Waals surface area contributed by atoms with Gasteiger partial charge in [0, 0.05) is 38.0 Å². The fourth-order valence-electron chi connectivity index (χ4n) is 2.85. The SMILES string of the molecule is CNc1cccc2c1CN(C(=O)c1c(Cl)cc(OO)cc1OO)C2. The summed E-state index contributed by atoms with van der Waals surface area (Å²) in [7, 11) is 1.82. The van der Waals surface area contributed by atoms with Crippen LogP contribution in [0.2, 0.25) is 5.02 Å². The average molecular weight is 351 g/mol. The molecule has 1 amide bonds. The summed E-state index contributed by atoms with van der Waals surface area (Å²) in [6.07, 6.45) is 0. The number of halogens is 1. The minimum atomic E-state index is -0.396. The highest BCUT2D eigenvalue weighted by molar-refractivity contribution is 6.34. The molecule has 0 aromatic heterocycles. The number of rotatable bonds is 4. The quantitative estimate of drug-likeness (QED) is 0.579. The average Bonchev–Trinajstić information content (AvgIpc) is 3.04. The maximum absolute atomic E-state index is 12.8. The molecule has 0 saturated carbocycles. The summed E-state index contributed by atoms with van der Waals surface area (Å²) >= 11 is 6.09. The lowest BCUT2D eigenvalue weighted by atomic mass is 10.1. The first-order chi connectivity index (χ1) is 11.6. The van der Waals surface area contributed by atoms with Crippen molar-refractivity contribution in [2.75, 3.05) is 12.4 Å². The normalized spacial score (nSPS) is 12.8. The predicted molar refractivity (Wildman–Crippen MR) is 87.5 cm³/mol. The Hall–Kier alpha value is -2.48. The molecule has 7 nitrogen and oxygen atoms in total. The minimum Gasteiger partial charge on any atom is -0.388 e. The molecule has 3 N–H and O–H groups in total. The van der Waals surface area contributed by atoms with Crippen LogP contribution in [0.3, 0.4) is 0 Å². The third-order valence-corrected chi connectivity index (χ3v) is 4.28. The fraction of sp³-hybridized carbons (Fsp3) is 0.188. The number of nitrogens with zero attached hydrogens (tertiary/aromatic N) is 1. The molecule has 1 aliphatic heterocycles. The zero-order chi connectivity index (χ0) is 17.3. The van der Waals surface area contributed by atoms with E-state index >= 15 is 0 Å². The van der Waals surface area contributed by atoms with Gasteiger partial charge in [0.25, 0.3) is 5.91 Å². The van der Waals surface area contributed by atoms with Crippen molar-refractivity contribution < 1.29 is 25.1 Å². The van der Waals surface area contributed by atoms with Gasteiger partial charge in [-0.05, 0) is 17.2 Å². The largest absolute Gasteiger partial charge is 0.388 e. The van der Waals surface area contributed by atoms with Crippen molar-refractivity contribution in [1.29, 1.82) is 0 Å². The van der Waals surface area contributed by atoms with Crippen molar-refractivity contribution in [3.05, 3.63) is 52.0 Å². The van der Waals surface area contributed by atoms with E-state index in [1.165, 1.54) is 12.1 Å². The Bertz CT molecular complexity index is 796. The molecule has 0 radical (unpaired) electrons. The lowest BCUT2D eigenvalue weighted by molar-refractivity contribution is -0.145. The third-order valence-electron chi connectivity index (χ3n) is 3.98. The lowest BCUT2D eigenvalue weighted by Crippen LogP contribution is -2.26. The lowest BCUT2D eigenvalue weighted by Gasteiger charge is -2.18. The standard InChI is InChI=1S/C16H15ClN2O5/c1-18-13-4-2-3-9-7-19(8-11(9)13)16(20)15-12(17)5-10(23-21)6-14(15)24-22/h2-6,18,21-22H,7-8H2,1H3. The van der Waals surface area contributed by atoms with E-state index in [0.29, 0.717) is 13.1 Å². The second-order valence-electron chi connectivity index (χ2n) is 5.32. The number of amides is 1. The molecular weight excluding hydrogens is 336 g/mol. The molecule has 0 saturated heterocycles. The van der Waals surface area contributed by atoms with Gasteiger partial charge in [-0.1, -0.05) is 23.7 Å². The molecule has 3 rings (SSSR count). The van der Waals surface area contributed by atoms with Crippen LogP contribution in [0.4, 0.5) is 5.69 Å². The van der Waals surface area contributed by atoms with Gasteiger partial charge in [0.2, 0.25) is 0 Å². The Kier molecular flexibility index (Phi) is 4.48. The number of fused-ring (bicyclic) bond motifs is 1. The van der Waals surface area contributed by atoms with Crippen LogP contribution in [0.15, 0.2) is 30.3 Å². The molecule has 0 atom stereocenters. The minimum absolute atomic E-state index is 0.000367. The predicted octanol–water partition coefficient (Wildman–Crippen LogP) is 3.24. The first kappa shape index (κ1) is 16.4. The van der Waals surface area contributed by atoms with Crippen molar-refractivity contribution >= 4 is 23.2 Å². The number of nitrogens with one attached hydrogen (secondary N) is 1. The Balaban J connectivity index is 1.94. The van der Waals surface area contributed by atoms with Crippen molar-refractivity contribution in [3.8, 4) is 11.5 Å². The highest BCUT2D eigenvalue weighted by Crippen LogP contribution is 2.36. The Morgan fingerprint density at radius 1 is 1.25 bits per heavy atom. The van der Waals surface area contributed by atoms with E-state index < -0.39 is 5.91 Å². The van der Waals surface area contributed by atoms with E-state index in [1.807, 2.05) is 25.2 Å². The van der Waals surface area contributed by atoms with Gasteiger partial charge in [-0.25, -0.2) is 10.5 Å². The zero-order valence-electron chi connectivity index (χ0n) is 12.7. The molecule has 2 aromatic rings. The van der Waals surface area contributed by atoms with Crippen molar-refractivity contribution in [2.24, 2.45) is 0 Å². The van der Waals surface area contributed by atoms with Crippen molar-refractivity contribution in [2.45, 2.75) is 13.1 Å². The highest BCUT2D eigenvalue weighted by atomic mass is 35.5. The molecule has 24 heavy (non-hydrogen) atoms. The number of benzene rings is 2. The molecule has 1 aliphatic rings. The summed E-state index contributed by atoms with van der Waals surface area (Å²) in [5.74, 6) is -0.643. The van der Waals surface area contributed by atoms with E-state index in [9.17, 15) is 4.79 Å². The molecule has 0 unspecified atom stereocenters. The molecular formula is C16H15ClN2O5. The molecule has 0 spiro atoms. The van der Waals surface area contributed by atoms with Crippen LogP contribution < -0.4 is 15.1 Å². The summed E-state index contributed by atoms with van der Waals surface area (Å²) in [5.41, 5.74) is 3.02. The van der Waals surface area contributed by atoms with Gasteiger partial charge in [0.05, 0.1) is 5.02 Å². The number of hydrogen-bond donors (Lipinski definition) is 3. The van der Waals surface area contributed by atoms with Gasteiger partial charge in [-0.15, -0.1) is 0 Å². The van der Waals surface area contributed by atoms with E-state index in [1.54, 1.807) is 4.90 Å². The first-order valence-corrected chi connectivity index (χ1v) is 7.51. The Morgan fingerprint density at radius 3 is 2.71 bits per heavy atom. The monoisotopic (exact) mass is 350 g/mol. The Labute approximate surface area is 142 Å². The molecule has 0 fully saturated rings. The number of hydrogen-bond acceptors (Lipinski definition) is 6. The zero-order valence-corrected chi connectivity index (χ0v) is 13.5. The van der Waals surface area contributed by atoms with Gasteiger partial charge in [-0.2, -0.15) is 0 Å². The van der Waals surface area contributed by atoms with Gasteiger partial charge in [-0.3, -0.25) is 4.79 Å². The van der Waals surface area contributed by atoms with Crippen LogP contribution in [0.25, 0.3) is 0 Å². The summed E-state index contributed by atoms with van der Waals surface area (Å²) in [4.78, 5) is 22.7. The van der Waals surface area contributed by atoms with Gasteiger partial charge in [0.15, 0.2) is 11.5 Å². The smallest absolute Gasteiger partial charge is 0.259 e. The number of carbonyl (C=O) groups is 1.